The highest BCUT2D eigenvalue weighted by Gasteiger charge is 1.90. The normalized spacial score (nSPS) is 10.7. The van der Waals surface area contributed by atoms with E-state index in [0.717, 1.165) is 0 Å². The van der Waals surface area contributed by atoms with Gasteiger partial charge in [0.2, 0.25) is 0 Å². The maximum absolute atomic E-state index is 8.14. The fourth-order valence-electron chi connectivity index (χ4n) is 0.362. The molecular weight excluding hydrogens is 128 g/mol. The van der Waals surface area contributed by atoms with Gasteiger partial charge in [0.1, 0.15) is 0 Å². The molecule has 0 saturated heterocycles. The van der Waals surface area contributed by atoms with Crippen LogP contribution in [-0.4, -0.2) is 31.5 Å². The molecule has 0 amide bonds. The lowest BCUT2D eigenvalue weighted by atomic mass is 10.5. The summed E-state index contributed by atoms with van der Waals surface area (Å²) < 4.78 is 0. The molecule has 0 rings (SSSR count). The highest BCUT2D eigenvalue weighted by atomic mass is 15.2. The molecule has 0 aliphatic heterocycles. The Morgan fingerprint density at radius 3 is 2.70 bits per heavy atom. The highest BCUT2D eigenvalue weighted by molar-refractivity contribution is 5.77. The summed E-state index contributed by atoms with van der Waals surface area (Å²) in [5, 5.41) is 8.14. The molecule has 2 N–H and O–H groups in total. The average molecular weight is 140 g/mol. The first-order valence-corrected chi connectivity index (χ1v) is 3.02. The summed E-state index contributed by atoms with van der Waals surface area (Å²) in [5.41, 5.74) is 5.42. The summed E-state index contributed by atoms with van der Waals surface area (Å²) >= 11 is 0. The van der Waals surface area contributed by atoms with E-state index >= 15 is 0 Å². The maximum Gasteiger partial charge on any atom is 0.190 e. The van der Waals surface area contributed by atoms with E-state index in [0.29, 0.717) is 18.9 Å². The predicted octanol–water partition coefficient (Wildman–Crippen LogP) is -0.224. The second-order valence-corrected chi connectivity index (χ2v) is 2.04. The third-order valence-electron chi connectivity index (χ3n) is 0.956. The molecule has 0 unspecified atom stereocenters. The van der Waals surface area contributed by atoms with Gasteiger partial charge in [0.15, 0.2) is 5.96 Å². The Balaban J connectivity index is 3.60. The van der Waals surface area contributed by atoms with Crippen molar-refractivity contribution in [1.82, 2.24) is 4.90 Å². The van der Waals surface area contributed by atoms with Crippen molar-refractivity contribution in [3.63, 3.8) is 0 Å². The molecule has 0 spiro atoms. The quantitative estimate of drug-likeness (QED) is 0.327. The molecule has 0 fully saturated rings. The summed E-state index contributed by atoms with van der Waals surface area (Å²) in [6.45, 7) is 0.487. The van der Waals surface area contributed by atoms with Gasteiger partial charge >= 0.3 is 0 Å². The Morgan fingerprint density at radius 1 is 1.70 bits per heavy atom. The Hall–Kier alpha value is -1.24. The molecule has 0 aliphatic rings. The molecule has 0 heterocycles. The van der Waals surface area contributed by atoms with E-state index in [4.69, 9.17) is 11.0 Å². The second-order valence-electron chi connectivity index (χ2n) is 2.04. The van der Waals surface area contributed by atoms with Gasteiger partial charge in [-0.2, -0.15) is 5.26 Å². The van der Waals surface area contributed by atoms with Crippen LogP contribution in [0.1, 0.15) is 6.42 Å². The van der Waals surface area contributed by atoms with Gasteiger partial charge in [-0.1, -0.05) is 0 Å². The molecule has 0 aromatic heterocycles. The average Bonchev–Trinajstić information content (AvgIpc) is 1.88. The summed E-state index contributed by atoms with van der Waals surface area (Å²) in [5.74, 6) is 0.468. The van der Waals surface area contributed by atoms with Crippen LogP contribution in [0.25, 0.3) is 0 Å². The zero-order valence-electron chi connectivity index (χ0n) is 6.33. The summed E-state index contributed by atoms with van der Waals surface area (Å²) in [4.78, 5) is 5.62. The molecule has 0 radical (unpaired) electrons. The number of guanidine groups is 1. The maximum atomic E-state index is 8.14. The van der Waals surface area contributed by atoms with Crippen LogP contribution in [0.2, 0.25) is 0 Å². The second kappa shape index (κ2) is 4.62. The Bertz CT molecular complexity index is 154. The third kappa shape index (κ3) is 3.72. The number of rotatable bonds is 2. The van der Waals surface area contributed by atoms with Crippen molar-refractivity contribution >= 4 is 5.96 Å². The van der Waals surface area contributed by atoms with E-state index in [-0.39, 0.29) is 0 Å². The molecule has 0 aliphatic carbocycles. The van der Waals surface area contributed by atoms with Crippen LogP contribution in [0.5, 0.6) is 0 Å². The van der Waals surface area contributed by atoms with Crippen molar-refractivity contribution < 1.29 is 0 Å². The fraction of sp³-hybridized carbons (Fsp3) is 0.667. The van der Waals surface area contributed by atoms with Gasteiger partial charge in [0.05, 0.1) is 19.0 Å². The molecule has 4 heteroatoms. The van der Waals surface area contributed by atoms with Crippen LogP contribution in [0.15, 0.2) is 4.99 Å². The first kappa shape index (κ1) is 8.76. The largest absolute Gasteiger partial charge is 0.370 e. The molecule has 56 valence electrons. The topological polar surface area (TPSA) is 65.4 Å². The van der Waals surface area contributed by atoms with Crippen molar-refractivity contribution in [3.05, 3.63) is 0 Å². The van der Waals surface area contributed by atoms with Crippen LogP contribution < -0.4 is 5.73 Å². The molecule has 0 saturated carbocycles. The van der Waals surface area contributed by atoms with E-state index in [1.165, 1.54) is 0 Å². The number of aliphatic imine (C=N–C) groups is 1. The first-order chi connectivity index (χ1) is 4.68. The van der Waals surface area contributed by atoms with Gasteiger partial charge in [-0.05, 0) is 0 Å². The van der Waals surface area contributed by atoms with Crippen LogP contribution in [0, 0.1) is 11.3 Å². The number of nitrogens with two attached hydrogens (primary N) is 1. The molecule has 0 atom stereocenters. The monoisotopic (exact) mass is 140 g/mol. The van der Waals surface area contributed by atoms with Crippen LogP contribution in [-0.2, 0) is 0 Å². The van der Waals surface area contributed by atoms with E-state index in [9.17, 15) is 0 Å². The molecular formula is C6H12N4. The zero-order valence-corrected chi connectivity index (χ0v) is 6.33. The van der Waals surface area contributed by atoms with Crippen LogP contribution >= 0.6 is 0 Å². The Kier molecular flexibility index (Phi) is 4.05. The SMILES string of the molecule is CN(C)C(N)=NCCC#N. The van der Waals surface area contributed by atoms with E-state index in [1.807, 2.05) is 20.2 Å². The minimum absolute atomic E-state index is 0.425. The van der Waals surface area contributed by atoms with E-state index < -0.39 is 0 Å². The van der Waals surface area contributed by atoms with E-state index in [2.05, 4.69) is 4.99 Å². The van der Waals surface area contributed by atoms with Crippen molar-refractivity contribution in [2.24, 2.45) is 10.7 Å². The van der Waals surface area contributed by atoms with Gasteiger partial charge in [-0.3, -0.25) is 4.99 Å². The number of nitrogens with zero attached hydrogens (tertiary/aromatic N) is 3. The third-order valence-corrected chi connectivity index (χ3v) is 0.956. The Labute approximate surface area is 61.0 Å². The van der Waals surface area contributed by atoms with Crippen LogP contribution in [0.4, 0.5) is 0 Å². The fourth-order valence-corrected chi connectivity index (χ4v) is 0.362. The van der Waals surface area contributed by atoms with Crippen molar-refractivity contribution in [3.8, 4) is 6.07 Å². The summed E-state index contributed by atoms with van der Waals surface area (Å²) in [6, 6.07) is 1.98. The Morgan fingerprint density at radius 2 is 2.30 bits per heavy atom. The number of nitriles is 1. The van der Waals surface area contributed by atoms with Gasteiger partial charge < -0.3 is 10.6 Å². The molecule has 0 aromatic rings. The summed E-state index contributed by atoms with van der Waals surface area (Å²) in [7, 11) is 3.62. The van der Waals surface area contributed by atoms with Gasteiger partial charge in [0, 0.05) is 14.1 Å². The minimum Gasteiger partial charge on any atom is -0.370 e. The van der Waals surface area contributed by atoms with Gasteiger partial charge in [-0.25, -0.2) is 0 Å². The molecule has 4 nitrogen and oxygen atoms in total. The van der Waals surface area contributed by atoms with Crippen LogP contribution in [0.3, 0.4) is 0 Å². The smallest absolute Gasteiger partial charge is 0.190 e. The first-order valence-electron chi connectivity index (χ1n) is 3.02. The number of hydrogen-bond donors (Lipinski definition) is 1. The van der Waals surface area contributed by atoms with Crippen molar-refractivity contribution in [2.75, 3.05) is 20.6 Å². The lowest BCUT2D eigenvalue weighted by Gasteiger charge is -2.09. The molecule has 10 heavy (non-hydrogen) atoms. The number of hydrogen-bond acceptors (Lipinski definition) is 2. The lowest BCUT2D eigenvalue weighted by molar-refractivity contribution is 0.609. The predicted molar refractivity (Wildman–Crippen MR) is 40.4 cm³/mol. The standard InChI is InChI=1S/C6H12N4/c1-10(2)6(8)9-5-3-4-7/h3,5H2,1-2H3,(H2,8,9). The van der Waals surface area contributed by atoms with Gasteiger partial charge in [-0.15, -0.1) is 0 Å². The zero-order chi connectivity index (χ0) is 7.98. The molecule has 0 aromatic carbocycles. The van der Waals surface area contributed by atoms with E-state index in [1.54, 1.807) is 4.90 Å². The minimum atomic E-state index is 0.425. The van der Waals surface area contributed by atoms with Gasteiger partial charge in [0.25, 0.3) is 0 Å². The summed E-state index contributed by atoms with van der Waals surface area (Å²) in [6.07, 6.45) is 0.425. The molecule has 0 bridgehead atoms. The lowest BCUT2D eigenvalue weighted by Crippen LogP contribution is -2.30. The highest BCUT2D eigenvalue weighted by Crippen LogP contribution is 1.80. The van der Waals surface area contributed by atoms with Crippen molar-refractivity contribution in [2.45, 2.75) is 6.42 Å². The van der Waals surface area contributed by atoms with Crippen molar-refractivity contribution in [1.29, 1.82) is 5.26 Å².